The maximum Gasteiger partial charge on any atom is 0.207 e. The van der Waals surface area contributed by atoms with Gasteiger partial charge in [0.1, 0.15) is 0 Å². The Morgan fingerprint density at radius 1 is 1.09 bits per heavy atom. The molecule has 0 spiro atoms. The molecule has 0 amide bonds. The number of hydrogen-bond acceptors (Lipinski definition) is 6. The Bertz CT molecular complexity index is 455. The van der Waals surface area contributed by atoms with Crippen LogP contribution in [-0.2, 0) is 0 Å². The van der Waals surface area contributed by atoms with Crippen LogP contribution in [0.2, 0.25) is 0 Å². The van der Waals surface area contributed by atoms with E-state index in [1.165, 1.54) is 69.2 Å². The smallest absolute Gasteiger partial charge is 0.207 e. The van der Waals surface area contributed by atoms with Gasteiger partial charge in [0.15, 0.2) is 0 Å². The summed E-state index contributed by atoms with van der Waals surface area (Å²) < 4.78 is 0. The summed E-state index contributed by atoms with van der Waals surface area (Å²) in [6.07, 6.45) is 11.1. The van der Waals surface area contributed by atoms with E-state index in [0.717, 1.165) is 23.6 Å². The molecule has 1 saturated heterocycles. The van der Waals surface area contributed by atoms with Crippen molar-refractivity contribution in [2.45, 2.75) is 70.4 Å². The van der Waals surface area contributed by atoms with Gasteiger partial charge in [-0.2, -0.15) is 0 Å². The molecule has 22 heavy (non-hydrogen) atoms. The number of rotatable bonds is 3. The summed E-state index contributed by atoms with van der Waals surface area (Å²) >= 11 is 1.45. The van der Waals surface area contributed by atoms with Gasteiger partial charge >= 0.3 is 0 Å². The molecule has 2 heterocycles. The number of piperidine rings is 1. The molecular weight excluding hydrogens is 294 g/mol. The van der Waals surface area contributed by atoms with Crippen molar-refractivity contribution in [1.29, 1.82) is 0 Å². The van der Waals surface area contributed by atoms with Gasteiger partial charge in [0.2, 0.25) is 10.3 Å². The first-order valence-electron chi connectivity index (χ1n) is 8.80. The van der Waals surface area contributed by atoms with E-state index in [1.54, 1.807) is 0 Å². The van der Waals surface area contributed by atoms with Crippen molar-refractivity contribution in [3.05, 3.63) is 0 Å². The Morgan fingerprint density at radius 2 is 1.82 bits per heavy atom. The van der Waals surface area contributed by atoms with Crippen LogP contribution >= 0.6 is 11.3 Å². The van der Waals surface area contributed by atoms with E-state index < -0.39 is 0 Å². The number of nitrogens with two attached hydrogens (primary N) is 1. The van der Waals surface area contributed by atoms with E-state index >= 15 is 0 Å². The highest BCUT2D eigenvalue weighted by molar-refractivity contribution is 7.18. The lowest BCUT2D eigenvalue weighted by molar-refractivity contribution is 0.103. The molecule has 1 aliphatic heterocycles. The number of hydrogen-bond donors (Lipinski definition) is 2. The molecule has 3 rings (SSSR count). The molecule has 0 radical (unpaired) electrons. The van der Waals surface area contributed by atoms with E-state index in [9.17, 15) is 0 Å². The van der Waals surface area contributed by atoms with Gasteiger partial charge in [-0.25, -0.2) is 0 Å². The van der Waals surface area contributed by atoms with Crippen LogP contribution in [0.1, 0.15) is 58.3 Å². The van der Waals surface area contributed by atoms with E-state index in [1.807, 2.05) is 0 Å². The molecule has 2 fully saturated rings. The van der Waals surface area contributed by atoms with Crippen LogP contribution in [-0.4, -0.2) is 40.3 Å². The molecule has 1 aromatic heterocycles. The van der Waals surface area contributed by atoms with Crippen LogP contribution in [0.3, 0.4) is 0 Å². The highest BCUT2D eigenvalue weighted by Crippen LogP contribution is 2.28. The zero-order valence-corrected chi connectivity index (χ0v) is 14.4. The van der Waals surface area contributed by atoms with Crippen LogP contribution in [0.5, 0.6) is 0 Å². The standard InChI is InChI=1S/C16H29N5S/c1-12-9-13(18-16-20-19-15(17)22-16)11-21(10-12)14-7-5-3-2-4-6-8-14/h12-14H,2-11H2,1H3,(H2,17,19)(H,18,20). The van der Waals surface area contributed by atoms with E-state index in [0.29, 0.717) is 11.2 Å². The summed E-state index contributed by atoms with van der Waals surface area (Å²) in [6.45, 7) is 4.76. The minimum Gasteiger partial charge on any atom is -0.374 e. The Balaban J connectivity index is 1.59. The lowest BCUT2D eigenvalue weighted by atomic mass is 9.90. The number of nitrogens with one attached hydrogen (secondary N) is 1. The van der Waals surface area contributed by atoms with Crippen molar-refractivity contribution in [3.63, 3.8) is 0 Å². The van der Waals surface area contributed by atoms with Gasteiger partial charge in [0.25, 0.3) is 0 Å². The summed E-state index contributed by atoms with van der Waals surface area (Å²) in [5, 5.41) is 13.0. The molecular formula is C16H29N5S. The van der Waals surface area contributed by atoms with Crippen molar-refractivity contribution >= 4 is 21.6 Å². The molecule has 124 valence electrons. The summed E-state index contributed by atoms with van der Waals surface area (Å²) in [7, 11) is 0. The molecule has 0 aromatic carbocycles. The molecule has 3 N–H and O–H groups in total. The predicted octanol–water partition coefficient (Wildman–Crippen LogP) is 3.36. The monoisotopic (exact) mass is 323 g/mol. The van der Waals surface area contributed by atoms with E-state index in [-0.39, 0.29) is 0 Å². The lowest BCUT2D eigenvalue weighted by Gasteiger charge is -2.42. The Labute approximate surface area is 137 Å². The van der Waals surface area contributed by atoms with Gasteiger partial charge in [-0.3, -0.25) is 4.90 Å². The third kappa shape index (κ3) is 4.32. The van der Waals surface area contributed by atoms with Gasteiger partial charge in [0.05, 0.1) is 0 Å². The first kappa shape index (κ1) is 16.0. The normalized spacial score (nSPS) is 29.0. The summed E-state index contributed by atoms with van der Waals surface area (Å²) in [5.74, 6) is 0.738. The second-order valence-electron chi connectivity index (χ2n) is 7.08. The van der Waals surface area contributed by atoms with Crippen LogP contribution in [0, 0.1) is 5.92 Å². The maximum absolute atomic E-state index is 5.68. The number of anilines is 2. The predicted molar refractivity (Wildman–Crippen MR) is 93.2 cm³/mol. The fourth-order valence-electron chi connectivity index (χ4n) is 4.06. The fourth-order valence-corrected chi connectivity index (χ4v) is 4.65. The van der Waals surface area contributed by atoms with Crippen molar-refractivity contribution in [3.8, 4) is 0 Å². The molecule has 1 aromatic rings. The Kier molecular flexibility index (Phi) is 5.52. The molecule has 2 atom stereocenters. The molecule has 2 unspecified atom stereocenters. The zero-order chi connectivity index (χ0) is 15.4. The number of likely N-dealkylation sites (tertiary alicyclic amines) is 1. The summed E-state index contributed by atoms with van der Waals surface area (Å²) in [4.78, 5) is 2.74. The van der Waals surface area contributed by atoms with Crippen molar-refractivity contribution in [2.24, 2.45) is 5.92 Å². The average molecular weight is 324 g/mol. The zero-order valence-electron chi connectivity index (χ0n) is 13.6. The number of nitrogens with zero attached hydrogens (tertiary/aromatic N) is 3. The second kappa shape index (κ2) is 7.59. The van der Waals surface area contributed by atoms with Crippen molar-refractivity contribution in [2.75, 3.05) is 24.1 Å². The minimum absolute atomic E-state index is 0.474. The highest BCUT2D eigenvalue weighted by atomic mass is 32.1. The quantitative estimate of drug-likeness (QED) is 0.893. The molecule has 0 bridgehead atoms. The van der Waals surface area contributed by atoms with E-state index in [2.05, 4.69) is 27.3 Å². The van der Waals surface area contributed by atoms with Crippen LogP contribution < -0.4 is 11.1 Å². The topological polar surface area (TPSA) is 67.1 Å². The third-order valence-electron chi connectivity index (χ3n) is 5.05. The third-order valence-corrected chi connectivity index (χ3v) is 5.73. The molecule has 1 saturated carbocycles. The maximum atomic E-state index is 5.68. The van der Waals surface area contributed by atoms with Gasteiger partial charge < -0.3 is 11.1 Å². The van der Waals surface area contributed by atoms with Crippen LogP contribution in [0.4, 0.5) is 10.3 Å². The summed E-state index contributed by atoms with van der Waals surface area (Å²) in [6, 6.07) is 1.26. The first-order valence-corrected chi connectivity index (χ1v) is 9.62. The average Bonchev–Trinajstić information content (AvgIpc) is 2.83. The first-order chi connectivity index (χ1) is 10.7. The lowest BCUT2D eigenvalue weighted by Crippen LogP contribution is -2.50. The van der Waals surface area contributed by atoms with Gasteiger partial charge in [-0.05, 0) is 25.2 Å². The second-order valence-corrected chi connectivity index (χ2v) is 8.09. The fraction of sp³-hybridized carbons (Fsp3) is 0.875. The van der Waals surface area contributed by atoms with Gasteiger partial charge in [-0.1, -0.05) is 50.4 Å². The Morgan fingerprint density at radius 3 is 2.50 bits per heavy atom. The van der Waals surface area contributed by atoms with Gasteiger partial charge in [0, 0.05) is 25.2 Å². The molecule has 2 aliphatic rings. The van der Waals surface area contributed by atoms with Crippen LogP contribution in [0.25, 0.3) is 0 Å². The summed E-state index contributed by atoms with van der Waals surface area (Å²) in [5.41, 5.74) is 5.68. The molecule has 1 aliphatic carbocycles. The molecule has 5 nitrogen and oxygen atoms in total. The minimum atomic E-state index is 0.474. The molecule has 6 heteroatoms. The van der Waals surface area contributed by atoms with Crippen molar-refractivity contribution < 1.29 is 0 Å². The SMILES string of the molecule is CC1CC(Nc2nnc(N)s2)CN(C2CCCCCCC2)C1. The van der Waals surface area contributed by atoms with Crippen LogP contribution in [0.15, 0.2) is 0 Å². The highest BCUT2D eigenvalue weighted by Gasteiger charge is 2.29. The van der Waals surface area contributed by atoms with Gasteiger partial charge in [-0.15, -0.1) is 10.2 Å². The van der Waals surface area contributed by atoms with E-state index in [4.69, 9.17) is 5.73 Å². The number of aromatic nitrogens is 2. The number of nitrogen functional groups attached to an aromatic ring is 1. The Hall–Kier alpha value is -0.880. The van der Waals surface area contributed by atoms with Crippen molar-refractivity contribution in [1.82, 2.24) is 15.1 Å². The largest absolute Gasteiger partial charge is 0.374 e.